The summed E-state index contributed by atoms with van der Waals surface area (Å²) in [6, 6.07) is 11.7. The van der Waals surface area contributed by atoms with Crippen molar-refractivity contribution in [2.75, 3.05) is 26.4 Å². The normalized spacial score (nSPS) is 17.6. The number of rotatable bonds is 6. The molecule has 0 spiro atoms. The van der Waals surface area contributed by atoms with Crippen LogP contribution < -0.4 is 0 Å². The smallest absolute Gasteiger partial charge is 0.330 e. The third-order valence-corrected chi connectivity index (χ3v) is 2.90. The van der Waals surface area contributed by atoms with Gasteiger partial charge in [-0.05, 0) is 12.5 Å². The topological polar surface area (TPSA) is 95.4 Å². The molecule has 6 nitrogen and oxygen atoms in total. The molecule has 0 saturated carbocycles. The lowest BCUT2D eigenvalue weighted by Gasteiger charge is -1.95. The van der Waals surface area contributed by atoms with Gasteiger partial charge in [-0.2, -0.15) is 5.26 Å². The Morgan fingerprint density at radius 2 is 1.67 bits per heavy atom. The van der Waals surface area contributed by atoms with E-state index >= 15 is 0 Å². The first-order chi connectivity index (χ1) is 12.9. The van der Waals surface area contributed by atoms with Crippen molar-refractivity contribution in [3.8, 4) is 6.07 Å². The van der Waals surface area contributed by atoms with Crippen LogP contribution in [0.5, 0.6) is 0 Å². The highest BCUT2D eigenvalue weighted by molar-refractivity contribution is 5.84. The van der Waals surface area contributed by atoms with Gasteiger partial charge >= 0.3 is 5.97 Å². The molecule has 3 rings (SSSR count). The van der Waals surface area contributed by atoms with Crippen molar-refractivity contribution in [1.82, 2.24) is 0 Å². The molecule has 1 N–H and O–H groups in total. The Hall–Kier alpha value is -2.72. The van der Waals surface area contributed by atoms with Crippen LogP contribution in [-0.2, 0) is 19.0 Å². The molecule has 6 heteroatoms. The summed E-state index contributed by atoms with van der Waals surface area (Å²) in [4.78, 5) is 9.60. The predicted molar refractivity (Wildman–Crippen MR) is 105 cm³/mol. The van der Waals surface area contributed by atoms with Crippen molar-refractivity contribution < 1.29 is 24.1 Å². The monoisotopic (exact) mass is 373 g/mol. The molecule has 0 aliphatic carbocycles. The number of nitriles is 1. The van der Waals surface area contributed by atoms with Crippen LogP contribution >= 0.6 is 0 Å². The number of benzene rings is 1. The molecule has 0 bridgehead atoms. The lowest BCUT2D eigenvalue weighted by atomic mass is 10.2. The lowest BCUT2D eigenvalue weighted by molar-refractivity contribution is -0.132. The highest BCUT2D eigenvalue weighted by atomic mass is 16.6. The summed E-state index contributed by atoms with van der Waals surface area (Å²) >= 11 is 0. The summed E-state index contributed by atoms with van der Waals surface area (Å²) in [6.07, 6.45) is 3.80. The number of carboxylic acids is 1. The van der Waals surface area contributed by atoms with E-state index in [2.05, 4.69) is 19.7 Å². The van der Waals surface area contributed by atoms with E-state index in [0.717, 1.165) is 26.4 Å². The summed E-state index contributed by atoms with van der Waals surface area (Å²) in [7, 11) is 0. The third kappa shape index (κ3) is 17.9. The van der Waals surface area contributed by atoms with Gasteiger partial charge in [0, 0.05) is 11.6 Å². The Balaban J connectivity index is 0.000000350. The van der Waals surface area contributed by atoms with Gasteiger partial charge in [0.15, 0.2) is 0 Å². The second-order valence-corrected chi connectivity index (χ2v) is 5.48. The van der Waals surface area contributed by atoms with Crippen LogP contribution in [0.15, 0.2) is 61.7 Å². The van der Waals surface area contributed by atoms with Gasteiger partial charge in [-0.3, -0.25) is 0 Å². The van der Waals surface area contributed by atoms with Crippen molar-refractivity contribution in [1.29, 1.82) is 5.26 Å². The van der Waals surface area contributed by atoms with E-state index in [-0.39, 0.29) is 5.57 Å². The molecule has 2 atom stereocenters. The number of hydrogen-bond acceptors (Lipinski definition) is 5. The molecule has 146 valence electrons. The Labute approximate surface area is 161 Å². The third-order valence-electron chi connectivity index (χ3n) is 2.90. The lowest BCUT2D eigenvalue weighted by Crippen LogP contribution is -2.06. The maximum absolute atomic E-state index is 9.60. The second kappa shape index (κ2) is 15.5. The molecule has 2 fully saturated rings. The van der Waals surface area contributed by atoms with Crippen LogP contribution in [-0.4, -0.2) is 49.7 Å². The predicted octanol–water partition coefficient (Wildman–Crippen LogP) is 3.47. The highest BCUT2D eigenvalue weighted by Gasteiger charge is 2.26. The van der Waals surface area contributed by atoms with Crippen molar-refractivity contribution in [2.24, 2.45) is 0 Å². The van der Waals surface area contributed by atoms with Crippen LogP contribution in [0, 0.1) is 11.3 Å². The van der Waals surface area contributed by atoms with E-state index in [0.29, 0.717) is 12.2 Å². The summed E-state index contributed by atoms with van der Waals surface area (Å²) in [5, 5.41) is 15.4. The molecule has 0 aromatic heterocycles. The summed E-state index contributed by atoms with van der Waals surface area (Å²) in [5.74, 6) is -0.935. The summed E-state index contributed by atoms with van der Waals surface area (Å²) < 4.78 is 15.1. The average molecular weight is 373 g/mol. The van der Waals surface area contributed by atoms with Crippen LogP contribution in [0.3, 0.4) is 0 Å². The minimum Gasteiger partial charge on any atom is -0.478 e. The van der Waals surface area contributed by atoms with Crippen molar-refractivity contribution in [3.63, 3.8) is 0 Å². The molecule has 2 heterocycles. The molecule has 1 aromatic rings. The maximum Gasteiger partial charge on any atom is 0.330 e. The Morgan fingerprint density at radius 3 is 1.89 bits per heavy atom. The van der Waals surface area contributed by atoms with Gasteiger partial charge in [-0.25, -0.2) is 4.79 Å². The van der Waals surface area contributed by atoms with Crippen LogP contribution in [0.25, 0.3) is 6.08 Å². The van der Waals surface area contributed by atoms with E-state index in [1.54, 1.807) is 6.07 Å². The molecule has 0 amide bonds. The number of hydrogen-bond donors (Lipinski definition) is 1. The number of aliphatic carboxylic acids is 1. The standard InChI is InChI=1S/C8H8.C6H10O3.C4H6O2.C3H3N/c1-2-8-6-4-3-5-7-8;1(5-3-8-5)7-2-6-4-9-6;1-3(2)4(5)6;1-2-3-4/h2-7H,1H2;5-6H,1-4H2;1H2,2H3,(H,5,6);2H,1H2. The quantitative estimate of drug-likeness (QED) is 0.466. The maximum atomic E-state index is 9.60. The Kier molecular flexibility index (Phi) is 14.0. The first-order valence-corrected chi connectivity index (χ1v) is 8.32. The van der Waals surface area contributed by atoms with Gasteiger partial charge in [0.25, 0.3) is 0 Å². The van der Waals surface area contributed by atoms with Gasteiger partial charge in [0.05, 0.1) is 32.5 Å². The van der Waals surface area contributed by atoms with Gasteiger partial charge in [0.2, 0.25) is 0 Å². The van der Waals surface area contributed by atoms with E-state index in [1.165, 1.54) is 18.6 Å². The number of ether oxygens (including phenoxy) is 3. The summed E-state index contributed by atoms with van der Waals surface area (Å²) in [5.41, 5.74) is 1.35. The van der Waals surface area contributed by atoms with Gasteiger partial charge < -0.3 is 19.3 Å². The largest absolute Gasteiger partial charge is 0.478 e. The first-order valence-electron chi connectivity index (χ1n) is 8.32. The number of carboxylic acid groups (broad SMARTS) is 1. The fraction of sp³-hybridized carbons (Fsp3) is 0.333. The van der Waals surface area contributed by atoms with Gasteiger partial charge in [0.1, 0.15) is 12.2 Å². The molecule has 27 heavy (non-hydrogen) atoms. The van der Waals surface area contributed by atoms with Gasteiger partial charge in [-0.1, -0.05) is 56.1 Å². The second-order valence-electron chi connectivity index (χ2n) is 5.48. The van der Waals surface area contributed by atoms with E-state index < -0.39 is 5.97 Å². The number of epoxide rings is 2. The fourth-order valence-corrected chi connectivity index (χ4v) is 1.25. The van der Waals surface area contributed by atoms with Gasteiger partial charge in [-0.15, -0.1) is 0 Å². The molecule has 2 saturated heterocycles. The molecular weight excluding hydrogens is 346 g/mol. The van der Waals surface area contributed by atoms with E-state index in [9.17, 15) is 4.79 Å². The fourth-order valence-electron chi connectivity index (χ4n) is 1.25. The molecule has 0 radical (unpaired) electrons. The Morgan fingerprint density at radius 1 is 1.26 bits per heavy atom. The minimum atomic E-state index is -0.935. The van der Waals surface area contributed by atoms with Crippen LogP contribution in [0.2, 0.25) is 0 Å². The molecule has 2 aliphatic heterocycles. The summed E-state index contributed by atoms with van der Waals surface area (Å²) in [6.45, 7) is 14.6. The average Bonchev–Trinajstić information content (AvgIpc) is 3.59. The number of nitrogens with zero attached hydrogens (tertiary/aromatic N) is 1. The Bertz CT molecular complexity index is 589. The van der Waals surface area contributed by atoms with Crippen molar-refractivity contribution in [2.45, 2.75) is 19.1 Å². The number of allylic oxidation sites excluding steroid dienone is 1. The SMILES string of the molecule is C(OCC1CO1)C1CO1.C=C(C)C(=O)O.C=CC#N.C=Cc1ccccc1. The van der Waals surface area contributed by atoms with Crippen molar-refractivity contribution >= 4 is 12.0 Å². The zero-order valence-corrected chi connectivity index (χ0v) is 15.7. The van der Waals surface area contributed by atoms with Crippen LogP contribution in [0.1, 0.15) is 12.5 Å². The zero-order chi connectivity index (χ0) is 20.5. The minimum absolute atomic E-state index is 0.176. The van der Waals surface area contributed by atoms with E-state index in [4.69, 9.17) is 24.6 Å². The first kappa shape index (κ1) is 24.3. The van der Waals surface area contributed by atoms with Crippen molar-refractivity contribution in [3.05, 3.63) is 67.3 Å². The van der Waals surface area contributed by atoms with Crippen LogP contribution in [0.4, 0.5) is 0 Å². The molecule has 1 aromatic carbocycles. The highest BCUT2D eigenvalue weighted by Crippen LogP contribution is 2.12. The molecular formula is C21H27NO5. The van der Waals surface area contributed by atoms with E-state index in [1.807, 2.05) is 36.4 Å². The number of carbonyl (C=O) groups is 1. The molecule has 2 unspecified atom stereocenters. The zero-order valence-electron chi connectivity index (χ0n) is 15.7. The molecule has 2 aliphatic rings.